The van der Waals surface area contributed by atoms with E-state index in [1.807, 2.05) is 43.3 Å². The Morgan fingerprint density at radius 3 is 2.47 bits per heavy atom. The van der Waals surface area contributed by atoms with Crippen LogP contribution >= 0.6 is 11.8 Å². The Bertz CT molecular complexity index is 996. The van der Waals surface area contributed by atoms with Crippen molar-refractivity contribution < 1.29 is 19.0 Å². The molecule has 0 radical (unpaired) electrons. The predicted octanol–water partition coefficient (Wildman–Crippen LogP) is 4.00. The zero-order chi connectivity index (χ0) is 21.3. The Kier molecular flexibility index (Phi) is 7.51. The number of amides is 1. The van der Waals surface area contributed by atoms with Crippen LogP contribution in [0.15, 0.2) is 59.9 Å². The Morgan fingerprint density at radius 2 is 1.73 bits per heavy atom. The van der Waals surface area contributed by atoms with Crippen molar-refractivity contribution in [3.8, 4) is 23.1 Å². The molecule has 1 amide bonds. The van der Waals surface area contributed by atoms with E-state index < -0.39 is 0 Å². The van der Waals surface area contributed by atoms with Gasteiger partial charge in [0, 0.05) is 30.6 Å². The van der Waals surface area contributed by atoms with Crippen molar-refractivity contribution in [1.29, 1.82) is 0 Å². The van der Waals surface area contributed by atoms with Gasteiger partial charge in [0.2, 0.25) is 5.91 Å². The number of ether oxygens (including phenoxy) is 3. The summed E-state index contributed by atoms with van der Waals surface area (Å²) in [7, 11) is 3.18. The number of hydrogen-bond acceptors (Lipinski definition) is 7. The number of hydrogen-bond donors (Lipinski definition) is 1. The van der Waals surface area contributed by atoms with Gasteiger partial charge in [-0.1, -0.05) is 29.5 Å². The molecule has 8 heteroatoms. The first-order valence-electron chi connectivity index (χ1n) is 9.25. The van der Waals surface area contributed by atoms with Crippen molar-refractivity contribution in [2.24, 2.45) is 0 Å². The van der Waals surface area contributed by atoms with Gasteiger partial charge in [0.1, 0.15) is 17.2 Å². The maximum atomic E-state index is 12.3. The zero-order valence-corrected chi connectivity index (χ0v) is 17.9. The number of aryl methyl sites for hydroxylation is 1. The predicted molar refractivity (Wildman–Crippen MR) is 115 cm³/mol. The van der Waals surface area contributed by atoms with Crippen LogP contribution in [0.3, 0.4) is 0 Å². The number of aromatic nitrogens is 2. The first-order valence-corrected chi connectivity index (χ1v) is 10.2. The summed E-state index contributed by atoms with van der Waals surface area (Å²) >= 11 is 1.27. The number of nitrogens with one attached hydrogen (secondary N) is 1. The smallest absolute Gasteiger partial charge is 0.252 e. The highest BCUT2D eigenvalue weighted by molar-refractivity contribution is 8.00. The Morgan fingerprint density at radius 1 is 1.00 bits per heavy atom. The fourth-order valence-electron chi connectivity index (χ4n) is 2.58. The standard InChI is InChI=1S/C22H23N3O4S/c1-15-4-7-17(8-5-15)29-21-22(24-11-10-23-21)30-14-20(26)25-13-16-6-9-18(27-2)12-19(16)28-3/h4-12H,13-14H2,1-3H3,(H,25,26). The molecule has 1 N–H and O–H groups in total. The van der Waals surface area contributed by atoms with E-state index in [1.165, 1.54) is 11.8 Å². The second kappa shape index (κ2) is 10.5. The van der Waals surface area contributed by atoms with Crippen molar-refractivity contribution in [2.75, 3.05) is 20.0 Å². The third-order valence-electron chi connectivity index (χ3n) is 4.18. The molecule has 3 aromatic rings. The molecule has 1 heterocycles. The van der Waals surface area contributed by atoms with Gasteiger partial charge in [-0.15, -0.1) is 0 Å². The average Bonchev–Trinajstić information content (AvgIpc) is 2.78. The molecule has 156 valence electrons. The van der Waals surface area contributed by atoms with E-state index in [2.05, 4.69) is 15.3 Å². The summed E-state index contributed by atoms with van der Waals surface area (Å²) in [6.07, 6.45) is 3.13. The van der Waals surface area contributed by atoms with E-state index in [9.17, 15) is 4.79 Å². The number of methoxy groups -OCH3 is 2. The molecule has 0 unspecified atom stereocenters. The Balaban J connectivity index is 1.57. The van der Waals surface area contributed by atoms with Crippen LogP contribution in [0, 0.1) is 6.92 Å². The molecular weight excluding hydrogens is 402 g/mol. The van der Waals surface area contributed by atoms with Crippen LogP contribution in [0.4, 0.5) is 0 Å². The van der Waals surface area contributed by atoms with Crippen molar-refractivity contribution in [3.05, 3.63) is 66.0 Å². The SMILES string of the molecule is COc1ccc(CNC(=O)CSc2nccnc2Oc2ccc(C)cc2)c(OC)c1. The number of carbonyl (C=O) groups excluding carboxylic acids is 1. The second-order valence-electron chi connectivity index (χ2n) is 6.32. The van der Waals surface area contributed by atoms with Gasteiger partial charge in [0.05, 0.1) is 20.0 Å². The lowest BCUT2D eigenvalue weighted by atomic mass is 10.2. The van der Waals surface area contributed by atoms with Crippen LogP contribution in [-0.2, 0) is 11.3 Å². The third-order valence-corrected chi connectivity index (χ3v) is 5.14. The van der Waals surface area contributed by atoms with Gasteiger partial charge >= 0.3 is 0 Å². The Hall–Kier alpha value is -3.26. The van der Waals surface area contributed by atoms with Gasteiger partial charge in [0.25, 0.3) is 5.88 Å². The van der Waals surface area contributed by atoms with E-state index in [0.717, 1.165) is 11.1 Å². The molecule has 0 aliphatic carbocycles. The zero-order valence-electron chi connectivity index (χ0n) is 17.0. The quantitative estimate of drug-likeness (QED) is 0.519. The highest BCUT2D eigenvalue weighted by atomic mass is 32.2. The van der Waals surface area contributed by atoms with Gasteiger partial charge in [-0.2, -0.15) is 0 Å². The molecule has 3 rings (SSSR count). The van der Waals surface area contributed by atoms with Gasteiger partial charge in [-0.05, 0) is 31.2 Å². The van der Waals surface area contributed by atoms with E-state index in [0.29, 0.717) is 34.7 Å². The van der Waals surface area contributed by atoms with Gasteiger partial charge in [-0.3, -0.25) is 4.79 Å². The van der Waals surface area contributed by atoms with Crippen LogP contribution < -0.4 is 19.5 Å². The van der Waals surface area contributed by atoms with E-state index in [1.54, 1.807) is 32.7 Å². The fraction of sp³-hybridized carbons (Fsp3) is 0.227. The minimum atomic E-state index is -0.134. The number of thioether (sulfide) groups is 1. The molecule has 0 fully saturated rings. The molecule has 0 saturated heterocycles. The highest BCUT2D eigenvalue weighted by Gasteiger charge is 2.12. The highest BCUT2D eigenvalue weighted by Crippen LogP contribution is 2.29. The first-order chi connectivity index (χ1) is 14.6. The number of benzene rings is 2. The summed E-state index contributed by atoms with van der Waals surface area (Å²) < 4.78 is 16.4. The average molecular weight is 426 g/mol. The van der Waals surface area contributed by atoms with E-state index >= 15 is 0 Å². The number of carbonyl (C=O) groups is 1. The molecule has 2 aromatic carbocycles. The summed E-state index contributed by atoms with van der Waals surface area (Å²) in [6, 6.07) is 13.1. The third kappa shape index (κ3) is 5.87. The molecule has 0 aliphatic heterocycles. The van der Waals surface area contributed by atoms with E-state index in [-0.39, 0.29) is 11.7 Å². The summed E-state index contributed by atoms with van der Waals surface area (Å²) in [6.45, 7) is 2.35. The summed E-state index contributed by atoms with van der Waals surface area (Å²) in [5, 5.41) is 3.44. The fourth-order valence-corrected chi connectivity index (χ4v) is 3.30. The maximum Gasteiger partial charge on any atom is 0.252 e. The monoisotopic (exact) mass is 425 g/mol. The van der Waals surface area contributed by atoms with Crippen LogP contribution in [0.2, 0.25) is 0 Å². The lowest BCUT2D eigenvalue weighted by molar-refractivity contribution is -0.118. The summed E-state index contributed by atoms with van der Waals surface area (Å²) in [4.78, 5) is 20.9. The minimum Gasteiger partial charge on any atom is -0.497 e. The van der Waals surface area contributed by atoms with Gasteiger partial charge in [0.15, 0.2) is 5.03 Å². The molecule has 30 heavy (non-hydrogen) atoms. The summed E-state index contributed by atoms with van der Waals surface area (Å²) in [5.74, 6) is 2.44. The van der Waals surface area contributed by atoms with Crippen LogP contribution in [0.1, 0.15) is 11.1 Å². The molecule has 0 saturated carbocycles. The van der Waals surface area contributed by atoms with Crippen molar-refractivity contribution in [3.63, 3.8) is 0 Å². The molecule has 1 aromatic heterocycles. The first kappa shape index (κ1) is 21.4. The normalized spacial score (nSPS) is 10.4. The van der Waals surface area contributed by atoms with Crippen LogP contribution in [-0.4, -0.2) is 35.8 Å². The van der Waals surface area contributed by atoms with E-state index in [4.69, 9.17) is 14.2 Å². The molecule has 7 nitrogen and oxygen atoms in total. The van der Waals surface area contributed by atoms with Crippen LogP contribution in [0.25, 0.3) is 0 Å². The van der Waals surface area contributed by atoms with Crippen LogP contribution in [0.5, 0.6) is 23.1 Å². The second-order valence-corrected chi connectivity index (χ2v) is 7.29. The van der Waals surface area contributed by atoms with Gasteiger partial charge < -0.3 is 19.5 Å². The number of rotatable bonds is 9. The molecule has 0 atom stereocenters. The molecular formula is C22H23N3O4S. The topological polar surface area (TPSA) is 82.6 Å². The molecule has 0 aliphatic rings. The van der Waals surface area contributed by atoms with Gasteiger partial charge in [-0.25, -0.2) is 9.97 Å². The maximum absolute atomic E-state index is 12.3. The van der Waals surface area contributed by atoms with Crippen molar-refractivity contribution in [1.82, 2.24) is 15.3 Å². The van der Waals surface area contributed by atoms with Crippen molar-refractivity contribution >= 4 is 17.7 Å². The van der Waals surface area contributed by atoms with Crippen molar-refractivity contribution in [2.45, 2.75) is 18.5 Å². The largest absolute Gasteiger partial charge is 0.497 e. The number of nitrogens with zero attached hydrogens (tertiary/aromatic N) is 2. The lowest BCUT2D eigenvalue weighted by Crippen LogP contribution is -2.24. The Labute approximate surface area is 179 Å². The minimum absolute atomic E-state index is 0.134. The molecule has 0 spiro atoms. The molecule has 0 bridgehead atoms. The summed E-state index contributed by atoms with van der Waals surface area (Å²) in [5.41, 5.74) is 2.00. The lowest BCUT2D eigenvalue weighted by Gasteiger charge is -2.12.